The molecule has 0 amide bonds. The van der Waals surface area contributed by atoms with Crippen molar-refractivity contribution in [1.82, 2.24) is 9.97 Å². The van der Waals surface area contributed by atoms with E-state index < -0.39 is 17.6 Å². The topological polar surface area (TPSA) is 68.9 Å². The van der Waals surface area contributed by atoms with Gasteiger partial charge in [0.05, 0.1) is 22.5 Å². The number of aryl methyl sites for hydroxylation is 1. The minimum Gasteiger partial charge on any atom is -0.324 e. The average Bonchev–Trinajstić information content (AvgIpc) is 2.54. The predicted molar refractivity (Wildman–Crippen MR) is 89.8 cm³/mol. The van der Waals surface area contributed by atoms with Crippen molar-refractivity contribution >= 4 is 17.4 Å². The van der Waals surface area contributed by atoms with Crippen molar-refractivity contribution in [3.8, 4) is 0 Å². The van der Waals surface area contributed by atoms with Gasteiger partial charge in [-0.15, -0.1) is 0 Å². The molecule has 0 bridgehead atoms. The van der Waals surface area contributed by atoms with Crippen LogP contribution in [0.1, 0.15) is 57.9 Å². The van der Waals surface area contributed by atoms with Crippen molar-refractivity contribution in [3.63, 3.8) is 0 Å². The number of benzene rings is 1. The second-order valence-corrected chi connectivity index (χ2v) is 5.32. The van der Waals surface area contributed by atoms with Crippen LogP contribution in [-0.2, 0) is 6.42 Å². The molecule has 0 radical (unpaired) electrons. The number of nitrogens with zero attached hydrogens (tertiary/aromatic N) is 2. The number of carbonyl (C=O) groups excluding carboxylic acids is 1. The SMILES string of the molecule is CCc1cnc(C(=O)c2c(Cl)ccc([C@H](N)CC)c2F)cn1.[HH].[HH].[HH]. The Morgan fingerprint density at radius 2 is 2.09 bits per heavy atom. The molecular formula is C16H23ClFN3O. The van der Waals surface area contributed by atoms with Gasteiger partial charge in [0, 0.05) is 22.1 Å². The fourth-order valence-corrected chi connectivity index (χ4v) is 2.30. The molecule has 122 valence electrons. The summed E-state index contributed by atoms with van der Waals surface area (Å²) in [5.41, 5.74) is 6.74. The van der Waals surface area contributed by atoms with Crippen molar-refractivity contribution in [2.24, 2.45) is 5.73 Å². The van der Waals surface area contributed by atoms with Gasteiger partial charge in [-0.3, -0.25) is 9.78 Å². The van der Waals surface area contributed by atoms with Crippen LogP contribution in [0.15, 0.2) is 24.5 Å². The van der Waals surface area contributed by atoms with E-state index in [1.54, 1.807) is 0 Å². The molecule has 1 aromatic heterocycles. The number of carbonyl (C=O) groups is 1. The summed E-state index contributed by atoms with van der Waals surface area (Å²) in [7, 11) is 0. The molecule has 0 unspecified atom stereocenters. The van der Waals surface area contributed by atoms with E-state index in [1.807, 2.05) is 13.8 Å². The van der Waals surface area contributed by atoms with Gasteiger partial charge >= 0.3 is 0 Å². The van der Waals surface area contributed by atoms with Gasteiger partial charge in [-0.25, -0.2) is 9.37 Å². The van der Waals surface area contributed by atoms with Crippen LogP contribution in [0.25, 0.3) is 0 Å². The van der Waals surface area contributed by atoms with Crippen molar-refractivity contribution in [2.45, 2.75) is 32.7 Å². The lowest BCUT2D eigenvalue weighted by atomic mass is 9.98. The highest BCUT2D eigenvalue weighted by molar-refractivity contribution is 6.34. The van der Waals surface area contributed by atoms with E-state index in [0.29, 0.717) is 12.8 Å². The van der Waals surface area contributed by atoms with Gasteiger partial charge in [-0.05, 0) is 18.9 Å². The minimum absolute atomic E-state index is 0. The molecule has 22 heavy (non-hydrogen) atoms. The van der Waals surface area contributed by atoms with Gasteiger partial charge in [0.1, 0.15) is 11.5 Å². The zero-order valence-corrected chi connectivity index (χ0v) is 13.2. The number of aromatic nitrogens is 2. The number of halogens is 2. The molecule has 2 aromatic rings. The van der Waals surface area contributed by atoms with E-state index in [4.69, 9.17) is 17.3 Å². The molecule has 4 nitrogen and oxygen atoms in total. The molecule has 0 aliphatic rings. The van der Waals surface area contributed by atoms with Gasteiger partial charge in [-0.2, -0.15) is 0 Å². The van der Waals surface area contributed by atoms with E-state index in [2.05, 4.69) is 9.97 Å². The lowest BCUT2D eigenvalue weighted by Gasteiger charge is -2.14. The van der Waals surface area contributed by atoms with Gasteiger partial charge in [-0.1, -0.05) is 31.5 Å². The lowest BCUT2D eigenvalue weighted by Crippen LogP contribution is -2.15. The molecule has 2 N–H and O–H groups in total. The van der Waals surface area contributed by atoms with Gasteiger partial charge in [0.25, 0.3) is 0 Å². The van der Waals surface area contributed by atoms with Crippen LogP contribution < -0.4 is 5.73 Å². The number of nitrogens with two attached hydrogens (primary N) is 1. The lowest BCUT2D eigenvalue weighted by molar-refractivity contribution is 0.103. The van der Waals surface area contributed by atoms with Crippen LogP contribution in [0.5, 0.6) is 0 Å². The first-order valence-electron chi connectivity index (χ1n) is 7.08. The summed E-state index contributed by atoms with van der Waals surface area (Å²) in [6.45, 7) is 3.77. The van der Waals surface area contributed by atoms with Crippen LogP contribution >= 0.6 is 11.6 Å². The largest absolute Gasteiger partial charge is 0.324 e. The molecule has 0 saturated carbocycles. The minimum atomic E-state index is -0.687. The third kappa shape index (κ3) is 3.15. The van der Waals surface area contributed by atoms with Gasteiger partial charge < -0.3 is 5.73 Å². The number of hydrogen-bond donors (Lipinski definition) is 1. The molecule has 1 atom stereocenters. The van der Waals surface area contributed by atoms with Crippen LogP contribution in [0, 0.1) is 5.82 Å². The summed E-state index contributed by atoms with van der Waals surface area (Å²) in [6.07, 6.45) is 4.10. The van der Waals surface area contributed by atoms with Crippen LogP contribution in [0.3, 0.4) is 0 Å². The molecule has 1 aromatic carbocycles. The monoisotopic (exact) mass is 327 g/mol. The Hall–Kier alpha value is -1.85. The maximum atomic E-state index is 14.6. The standard InChI is InChI=1S/C16H17ClFN3O.3H2/c1-3-9-7-21-13(8-20-9)16(22)14-11(17)6-5-10(15(14)18)12(19)4-2;;;/h5-8,12H,3-4,19H2,1-2H3;3*1H/t12-;;;/m1.../s1. The third-order valence-electron chi connectivity index (χ3n) is 3.49. The average molecular weight is 328 g/mol. The zero-order chi connectivity index (χ0) is 16.3. The molecule has 6 heteroatoms. The van der Waals surface area contributed by atoms with Crippen molar-refractivity contribution in [3.05, 3.63) is 57.9 Å². The summed E-state index contributed by atoms with van der Waals surface area (Å²) in [5.74, 6) is -1.28. The van der Waals surface area contributed by atoms with Crippen LogP contribution in [0.4, 0.5) is 4.39 Å². The second-order valence-electron chi connectivity index (χ2n) is 4.92. The molecule has 0 fully saturated rings. The van der Waals surface area contributed by atoms with Gasteiger partial charge in [0.2, 0.25) is 5.78 Å². The maximum Gasteiger partial charge on any atom is 0.217 e. The maximum absolute atomic E-state index is 14.6. The fraction of sp³-hybridized carbons (Fsp3) is 0.312. The molecule has 0 aliphatic carbocycles. The van der Waals surface area contributed by atoms with Crippen molar-refractivity contribution in [2.75, 3.05) is 0 Å². The highest BCUT2D eigenvalue weighted by Crippen LogP contribution is 2.28. The molecule has 0 spiro atoms. The van der Waals surface area contributed by atoms with Crippen LogP contribution in [-0.4, -0.2) is 15.8 Å². The molecule has 0 saturated heterocycles. The smallest absolute Gasteiger partial charge is 0.217 e. The Morgan fingerprint density at radius 3 is 2.64 bits per heavy atom. The van der Waals surface area contributed by atoms with E-state index in [-0.39, 0.29) is 26.1 Å². The fourth-order valence-electron chi connectivity index (χ4n) is 2.07. The number of ketones is 1. The number of rotatable bonds is 5. The Kier molecular flexibility index (Phi) is 5.21. The van der Waals surface area contributed by atoms with Gasteiger partial charge in [0.15, 0.2) is 0 Å². The van der Waals surface area contributed by atoms with E-state index >= 15 is 0 Å². The molecule has 0 aliphatic heterocycles. The number of hydrogen-bond acceptors (Lipinski definition) is 4. The molecule has 2 rings (SSSR count). The van der Waals surface area contributed by atoms with E-state index in [0.717, 1.165) is 5.69 Å². The van der Waals surface area contributed by atoms with Crippen LogP contribution in [0.2, 0.25) is 5.02 Å². The van der Waals surface area contributed by atoms with Crippen molar-refractivity contribution in [1.29, 1.82) is 0 Å². The zero-order valence-electron chi connectivity index (χ0n) is 12.4. The predicted octanol–water partition coefficient (Wildman–Crippen LogP) is 4.21. The Labute approximate surface area is 138 Å². The molecular weight excluding hydrogens is 305 g/mol. The molecule has 1 heterocycles. The quantitative estimate of drug-likeness (QED) is 0.835. The first-order chi connectivity index (χ1) is 10.5. The Bertz CT molecular complexity index is 702. The van der Waals surface area contributed by atoms with E-state index in [9.17, 15) is 9.18 Å². The van der Waals surface area contributed by atoms with Crippen molar-refractivity contribution < 1.29 is 13.5 Å². The summed E-state index contributed by atoms with van der Waals surface area (Å²) in [6, 6.07) is 2.50. The highest BCUT2D eigenvalue weighted by Gasteiger charge is 2.23. The summed E-state index contributed by atoms with van der Waals surface area (Å²) in [4.78, 5) is 20.6. The normalized spacial score (nSPS) is 12.2. The second kappa shape index (κ2) is 6.94. The third-order valence-corrected chi connectivity index (χ3v) is 3.80. The highest BCUT2D eigenvalue weighted by atomic mass is 35.5. The summed E-state index contributed by atoms with van der Waals surface area (Å²) < 4.78 is 14.6. The summed E-state index contributed by atoms with van der Waals surface area (Å²) in [5, 5.41) is 0.0379. The summed E-state index contributed by atoms with van der Waals surface area (Å²) >= 11 is 6.00. The first-order valence-corrected chi connectivity index (χ1v) is 7.46. The Balaban J connectivity index is 0. The first kappa shape index (κ1) is 16.5. The van der Waals surface area contributed by atoms with E-state index in [1.165, 1.54) is 24.5 Å². The Morgan fingerprint density at radius 1 is 1.36 bits per heavy atom.